The zero-order valence-electron chi connectivity index (χ0n) is 20.7. The molecule has 0 aromatic rings. The largest absolute Gasteiger partial charge is 0.0776 e. The highest BCUT2D eigenvalue weighted by Crippen LogP contribution is 1.56. The van der Waals surface area contributed by atoms with Crippen molar-refractivity contribution in [2.75, 3.05) is 0 Å². The Kier molecular flexibility index (Phi) is 74400. The Balaban J connectivity index is -0.00000000391. The maximum atomic E-state index is 2.12. The third kappa shape index (κ3) is 0. The fourth-order valence-electron chi connectivity index (χ4n) is 0. The molecular formula is C26H82. The van der Waals surface area contributed by atoms with Gasteiger partial charge >= 0.3 is 0 Å². The minimum absolute atomic E-state index is 0. The van der Waals surface area contributed by atoms with Crippen molar-refractivity contribution in [2.45, 2.75) is 182 Å². The van der Waals surface area contributed by atoms with Crippen molar-refractivity contribution >= 4 is 0 Å². The molecule has 0 aliphatic heterocycles. The van der Waals surface area contributed by atoms with Crippen molar-refractivity contribution in [3.8, 4) is 0 Å². The van der Waals surface area contributed by atoms with Crippen LogP contribution in [0.5, 0.6) is 0 Å². The Morgan fingerprint density at radius 1 is 0.231 bits per heavy atom. The van der Waals surface area contributed by atoms with Gasteiger partial charge in [-0.05, 0) is 0 Å². The Morgan fingerprint density at radius 3 is 0.231 bits per heavy atom. The molecule has 0 atom stereocenters. The van der Waals surface area contributed by atoms with E-state index in [1.807, 2.05) is 125 Å². The van der Waals surface area contributed by atoms with Crippen LogP contribution in [0.15, 0.2) is 0 Å². The summed E-state index contributed by atoms with van der Waals surface area (Å²) in [5.41, 5.74) is 0. The van der Waals surface area contributed by atoms with Gasteiger partial charge in [-0.2, -0.15) is 0 Å². The summed E-state index contributed by atoms with van der Waals surface area (Å²) in [6, 6.07) is 0. The van der Waals surface area contributed by atoms with Crippen LogP contribution < -0.4 is 0 Å². The highest BCUT2D eigenvalue weighted by molar-refractivity contribution is 3.92. The van der Waals surface area contributed by atoms with E-state index >= 15 is 0 Å². The van der Waals surface area contributed by atoms with Crippen molar-refractivity contribution in [2.24, 2.45) is 0 Å². The molecule has 0 aromatic carbocycles. The lowest BCUT2D eigenvalue weighted by molar-refractivity contribution is 1.09. The maximum Gasteiger partial charge on any atom is -0.0590 e. The van der Waals surface area contributed by atoms with Gasteiger partial charge < -0.3 is 0 Å². The molecule has 0 aliphatic carbocycles. The highest BCUT2D eigenvalue weighted by Gasteiger charge is 1.35. The van der Waals surface area contributed by atoms with Crippen molar-refractivity contribution in [3.63, 3.8) is 0 Å². The topological polar surface area (TPSA) is 0 Å². The van der Waals surface area contributed by atoms with Crippen LogP contribution in [0.1, 0.15) is 182 Å². The van der Waals surface area contributed by atoms with E-state index in [-0.39, 0.29) is 37.1 Å². The summed E-state index contributed by atoms with van der Waals surface area (Å²) in [5, 5.41) is 0. The molecule has 0 fully saturated rings. The lowest BCUT2D eigenvalue weighted by atomic mass is 10.6. The lowest BCUT2D eigenvalue weighted by Crippen LogP contribution is -1.27. The normalized spacial score (nSPS) is 2.77. The summed E-state index contributed by atoms with van der Waals surface area (Å²) in [6.07, 6.45) is 1.25. The molecule has 0 unspecified atom stereocenters. The predicted molar refractivity (Wildman–Crippen MR) is 152 cm³/mol. The van der Waals surface area contributed by atoms with E-state index < -0.39 is 0 Å². The zero-order chi connectivity index (χ0) is 20.7. The maximum absolute atomic E-state index is 2.12. The lowest BCUT2D eigenvalue weighted by Gasteiger charge is -1.48. The molecule has 0 heterocycles. The van der Waals surface area contributed by atoms with Crippen molar-refractivity contribution < 1.29 is 0 Å². The van der Waals surface area contributed by atoms with Gasteiger partial charge in [-0.3, -0.25) is 0 Å². The molecule has 0 saturated heterocycles. The van der Waals surface area contributed by atoms with Gasteiger partial charge in [0.1, 0.15) is 0 Å². The van der Waals surface area contributed by atoms with Gasteiger partial charge in [0.05, 0.1) is 0 Å². The van der Waals surface area contributed by atoms with Crippen molar-refractivity contribution in [1.29, 1.82) is 0 Å². The molecule has 0 bridgehead atoms. The van der Waals surface area contributed by atoms with E-state index in [1.54, 1.807) is 0 Å². The number of rotatable bonds is 0. The average Bonchev–Trinajstić information content (AvgIpc) is 2.70. The van der Waals surface area contributed by atoms with E-state index in [2.05, 4.69) is 13.8 Å². The minimum Gasteiger partial charge on any atom is -0.0776 e. The summed E-state index contributed by atoms with van der Waals surface area (Å²) in [4.78, 5) is 0. The minimum atomic E-state index is 0. The van der Waals surface area contributed by atoms with E-state index in [9.17, 15) is 0 Å². The molecule has 186 valence electrons. The summed E-state index contributed by atoms with van der Waals surface area (Å²) in [7, 11) is 0. The quantitative estimate of drug-likeness (QED) is 0.383. The summed E-state index contributed by atoms with van der Waals surface area (Å²) in [6.45, 7) is 40.2. The van der Waals surface area contributed by atoms with E-state index in [0.717, 1.165) is 0 Å². The van der Waals surface area contributed by atoms with Gasteiger partial charge in [0.2, 0.25) is 0 Å². The van der Waals surface area contributed by atoms with E-state index in [0.29, 0.717) is 0 Å². The van der Waals surface area contributed by atoms with Crippen LogP contribution in [-0.4, -0.2) is 0 Å². The molecule has 0 radical (unpaired) electrons. The monoisotopic (exact) mass is 395 g/mol. The zero-order valence-corrected chi connectivity index (χ0v) is 20.7. The second kappa shape index (κ2) is 14400. The summed E-state index contributed by atoms with van der Waals surface area (Å²) >= 11 is 0. The molecule has 0 spiro atoms. The molecular weight excluding hydrogens is 312 g/mol. The predicted octanol–water partition coefficient (Wildman–Crippen LogP) is 13.8. The van der Waals surface area contributed by atoms with Gasteiger partial charge in [0.15, 0.2) is 0 Å². The first kappa shape index (κ1) is 134. The van der Waals surface area contributed by atoms with Gasteiger partial charge in [0, 0.05) is 0 Å². The number of hydrogen-bond acceptors (Lipinski definition) is 0. The first-order valence-corrected chi connectivity index (χ1v) is 10.4. The number of hydrogen-bond donors (Lipinski definition) is 0. The summed E-state index contributed by atoms with van der Waals surface area (Å²) in [5.74, 6) is 0. The standard InChI is InChI=1S/C3H8.9C2H6.5CH4/c1-3-2;9*1-2;;;;;/h3H2,1-2H3;9*1-2H3;5*1H4. The molecule has 0 heteroatoms. The first-order chi connectivity index (χ1) is 10.4. The first-order valence-electron chi connectivity index (χ1n) is 10.4. The highest BCUT2D eigenvalue weighted by atomic mass is 13.4. The molecule has 26 heavy (non-hydrogen) atoms. The third-order valence-electron chi connectivity index (χ3n) is 0. The van der Waals surface area contributed by atoms with Crippen LogP contribution in [-0.2, 0) is 0 Å². The smallest absolute Gasteiger partial charge is 0.0590 e. The van der Waals surface area contributed by atoms with Gasteiger partial charge in [0.25, 0.3) is 0 Å². The molecule has 0 rings (SSSR count). The van der Waals surface area contributed by atoms with Crippen molar-refractivity contribution in [1.82, 2.24) is 0 Å². The van der Waals surface area contributed by atoms with Crippen LogP contribution in [0, 0.1) is 0 Å². The van der Waals surface area contributed by atoms with Gasteiger partial charge in [-0.1, -0.05) is 182 Å². The second-order valence-electron chi connectivity index (χ2n) is 0.707. The molecule has 0 aromatic heterocycles. The van der Waals surface area contributed by atoms with E-state index in [4.69, 9.17) is 0 Å². The second-order valence-corrected chi connectivity index (χ2v) is 0.707. The van der Waals surface area contributed by atoms with E-state index in [1.165, 1.54) is 6.42 Å². The third-order valence-corrected chi connectivity index (χ3v) is 0. The molecule has 0 amide bonds. The van der Waals surface area contributed by atoms with Gasteiger partial charge in [-0.15, -0.1) is 0 Å². The summed E-state index contributed by atoms with van der Waals surface area (Å²) < 4.78 is 0. The fourth-order valence-corrected chi connectivity index (χ4v) is 0. The van der Waals surface area contributed by atoms with Crippen LogP contribution in [0.25, 0.3) is 0 Å². The van der Waals surface area contributed by atoms with Crippen molar-refractivity contribution in [3.05, 3.63) is 0 Å². The van der Waals surface area contributed by atoms with Crippen LogP contribution in [0.2, 0.25) is 0 Å². The van der Waals surface area contributed by atoms with Gasteiger partial charge in [-0.25, -0.2) is 0 Å². The molecule has 0 saturated carbocycles. The average molecular weight is 395 g/mol. The molecule has 0 aliphatic rings. The Hall–Kier alpha value is 0. The SMILES string of the molecule is C.C.C.C.C.CC.CC.CC.CC.CC.CC.CC.CC.CC.CCC. The fraction of sp³-hybridized carbons (Fsp3) is 1.00. The molecule has 0 nitrogen and oxygen atoms in total. The van der Waals surface area contributed by atoms with Crippen LogP contribution in [0.4, 0.5) is 0 Å². The Labute approximate surface area is 182 Å². The van der Waals surface area contributed by atoms with Crippen LogP contribution in [0.3, 0.4) is 0 Å². The Morgan fingerprint density at radius 2 is 0.231 bits per heavy atom. The Bertz CT molecular complexity index is 0. The molecule has 0 N–H and O–H groups in total. The van der Waals surface area contributed by atoms with Crippen LogP contribution >= 0.6 is 0 Å².